The van der Waals surface area contributed by atoms with Gasteiger partial charge in [0.2, 0.25) is 5.95 Å². The molecule has 2 heterocycles. The Hall–Kier alpha value is -3.12. The van der Waals surface area contributed by atoms with Crippen molar-refractivity contribution in [2.24, 2.45) is 5.10 Å². The number of benzene rings is 2. The highest BCUT2D eigenvalue weighted by Gasteiger charge is 2.17. The van der Waals surface area contributed by atoms with Crippen LogP contribution in [0.1, 0.15) is 16.8 Å². The van der Waals surface area contributed by atoms with Gasteiger partial charge in [-0.25, -0.2) is 9.66 Å². The van der Waals surface area contributed by atoms with Crippen LogP contribution < -0.4 is 10.6 Å². The largest absolute Gasteiger partial charge is 0.369 e. The Labute approximate surface area is 165 Å². The predicted octanol–water partition coefficient (Wildman–Crippen LogP) is 2.98. The molecule has 1 aromatic heterocycles. The minimum atomic E-state index is 0.402. The maximum atomic E-state index is 5.81. The lowest BCUT2D eigenvalue weighted by Crippen LogP contribution is -2.45. The summed E-state index contributed by atoms with van der Waals surface area (Å²) in [7, 11) is 0. The summed E-state index contributed by atoms with van der Waals surface area (Å²) in [4.78, 5) is 9.11. The van der Waals surface area contributed by atoms with Crippen molar-refractivity contribution < 1.29 is 0 Å². The second-order valence-corrected chi connectivity index (χ2v) is 7.17. The summed E-state index contributed by atoms with van der Waals surface area (Å²) in [5.74, 6) is 0.402. The molecular weight excluding hydrogens is 348 g/mol. The molecule has 0 atom stereocenters. The van der Waals surface area contributed by atoms with Crippen molar-refractivity contribution in [3.05, 3.63) is 77.6 Å². The molecule has 0 unspecified atom stereocenters. The fourth-order valence-electron chi connectivity index (χ4n) is 3.50. The first-order valence-corrected chi connectivity index (χ1v) is 9.64. The van der Waals surface area contributed by atoms with Crippen LogP contribution in [0.4, 0.5) is 11.6 Å². The molecule has 144 valence electrons. The van der Waals surface area contributed by atoms with Crippen molar-refractivity contribution in [2.75, 3.05) is 36.8 Å². The van der Waals surface area contributed by atoms with E-state index in [0.717, 1.165) is 44.0 Å². The number of nitrogen functional groups attached to an aromatic ring is 1. The van der Waals surface area contributed by atoms with E-state index in [-0.39, 0.29) is 0 Å². The minimum Gasteiger partial charge on any atom is -0.369 e. The van der Waals surface area contributed by atoms with Gasteiger partial charge < -0.3 is 10.6 Å². The lowest BCUT2D eigenvalue weighted by atomic mass is 10.1. The van der Waals surface area contributed by atoms with E-state index in [1.807, 2.05) is 13.1 Å². The third-order valence-electron chi connectivity index (χ3n) is 5.05. The van der Waals surface area contributed by atoms with E-state index in [2.05, 4.69) is 74.5 Å². The zero-order chi connectivity index (χ0) is 19.3. The van der Waals surface area contributed by atoms with Gasteiger partial charge in [0.15, 0.2) is 0 Å². The fraction of sp³-hybridized carbons (Fsp3) is 0.273. The van der Waals surface area contributed by atoms with Crippen LogP contribution in [0.3, 0.4) is 0 Å². The maximum absolute atomic E-state index is 5.81. The highest BCUT2D eigenvalue weighted by Crippen LogP contribution is 2.18. The van der Waals surface area contributed by atoms with E-state index in [1.165, 1.54) is 11.3 Å². The molecule has 1 saturated heterocycles. The lowest BCUT2D eigenvalue weighted by Gasteiger charge is -2.36. The molecule has 0 saturated carbocycles. The summed E-state index contributed by atoms with van der Waals surface area (Å²) in [6, 6.07) is 19.2. The van der Waals surface area contributed by atoms with Gasteiger partial charge in [-0.1, -0.05) is 42.5 Å². The van der Waals surface area contributed by atoms with Crippen molar-refractivity contribution >= 4 is 17.9 Å². The molecule has 28 heavy (non-hydrogen) atoms. The van der Waals surface area contributed by atoms with Gasteiger partial charge in [0.05, 0.1) is 18.1 Å². The van der Waals surface area contributed by atoms with Crippen LogP contribution >= 0.6 is 0 Å². The zero-order valence-electron chi connectivity index (χ0n) is 16.2. The highest BCUT2D eigenvalue weighted by atomic mass is 15.4. The van der Waals surface area contributed by atoms with Crippen molar-refractivity contribution in [3.8, 4) is 0 Å². The molecule has 3 aromatic rings. The monoisotopic (exact) mass is 374 g/mol. The van der Waals surface area contributed by atoms with E-state index in [0.29, 0.717) is 5.95 Å². The van der Waals surface area contributed by atoms with Crippen LogP contribution in [0.15, 0.2) is 65.9 Å². The number of hydrogen-bond donors (Lipinski definition) is 1. The first-order valence-electron chi connectivity index (χ1n) is 9.64. The number of rotatable bonds is 5. The van der Waals surface area contributed by atoms with Gasteiger partial charge in [0, 0.05) is 38.4 Å². The smallest absolute Gasteiger partial charge is 0.221 e. The van der Waals surface area contributed by atoms with Gasteiger partial charge in [0.1, 0.15) is 0 Å². The molecule has 1 aliphatic rings. The number of aryl methyl sites for hydroxylation is 1. The van der Waals surface area contributed by atoms with E-state index < -0.39 is 0 Å². The summed E-state index contributed by atoms with van der Waals surface area (Å²) in [6.45, 7) is 7.18. The molecule has 0 spiro atoms. The van der Waals surface area contributed by atoms with Crippen molar-refractivity contribution in [1.29, 1.82) is 0 Å². The Morgan fingerprint density at radius 2 is 1.71 bits per heavy atom. The van der Waals surface area contributed by atoms with Crippen LogP contribution in [0, 0.1) is 6.92 Å². The molecule has 2 aromatic carbocycles. The molecule has 0 radical (unpaired) electrons. The molecule has 2 N–H and O–H groups in total. The van der Waals surface area contributed by atoms with Crippen molar-refractivity contribution in [3.63, 3.8) is 0 Å². The molecule has 6 nitrogen and oxygen atoms in total. The van der Waals surface area contributed by atoms with Crippen LogP contribution in [0.2, 0.25) is 0 Å². The first-order chi connectivity index (χ1) is 13.7. The number of aromatic nitrogens is 2. The Kier molecular flexibility index (Phi) is 5.39. The summed E-state index contributed by atoms with van der Waals surface area (Å²) < 4.78 is 1.59. The maximum Gasteiger partial charge on any atom is 0.221 e. The molecule has 1 fully saturated rings. The highest BCUT2D eigenvalue weighted by molar-refractivity contribution is 5.80. The fourth-order valence-corrected chi connectivity index (χ4v) is 3.50. The number of piperazine rings is 1. The summed E-state index contributed by atoms with van der Waals surface area (Å²) in [6.07, 6.45) is 3.62. The topological polar surface area (TPSA) is 62.7 Å². The second kappa shape index (κ2) is 8.27. The second-order valence-electron chi connectivity index (χ2n) is 7.17. The van der Waals surface area contributed by atoms with Gasteiger partial charge >= 0.3 is 0 Å². The zero-order valence-corrected chi connectivity index (χ0v) is 16.2. The predicted molar refractivity (Wildman–Crippen MR) is 115 cm³/mol. The Morgan fingerprint density at radius 1 is 1.00 bits per heavy atom. The third-order valence-corrected chi connectivity index (χ3v) is 5.05. The lowest BCUT2D eigenvalue weighted by molar-refractivity contribution is 0.250. The van der Waals surface area contributed by atoms with Gasteiger partial charge in [-0.05, 0) is 30.2 Å². The number of nitrogens with zero attached hydrogens (tertiary/aromatic N) is 5. The Balaban J connectivity index is 1.33. The van der Waals surface area contributed by atoms with Gasteiger partial charge in [-0.3, -0.25) is 4.90 Å². The van der Waals surface area contributed by atoms with E-state index in [9.17, 15) is 0 Å². The number of nitrogens with two attached hydrogens (primary N) is 1. The number of hydrogen-bond acceptors (Lipinski definition) is 5. The van der Waals surface area contributed by atoms with E-state index >= 15 is 0 Å². The molecule has 4 rings (SSSR count). The van der Waals surface area contributed by atoms with Crippen molar-refractivity contribution in [1.82, 2.24) is 14.6 Å². The minimum absolute atomic E-state index is 0.402. The average molecular weight is 374 g/mol. The van der Waals surface area contributed by atoms with E-state index in [1.54, 1.807) is 10.9 Å². The van der Waals surface area contributed by atoms with Crippen LogP contribution in [0.5, 0.6) is 0 Å². The molecule has 1 aliphatic heterocycles. The van der Waals surface area contributed by atoms with Gasteiger partial charge in [-0.15, -0.1) is 0 Å². The molecule has 0 bridgehead atoms. The van der Waals surface area contributed by atoms with Gasteiger partial charge in [-0.2, -0.15) is 5.10 Å². The summed E-state index contributed by atoms with van der Waals surface area (Å²) >= 11 is 0. The average Bonchev–Trinajstić information content (AvgIpc) is 3.05. The van der Waals surface area contributed by atoms with E-state index in [4.69, 9.17) is 5.73 Å². The van der Waals surface area contributed by atoms with Crippen LogP contribution in [-0.2, 0) is 6.54 Å². The molecule has 6 heteroatoms. The molecule has 0 amide bonds. The molecular formula is C22H26N6. The van der Waals surface area contributed by atoms with Crippen LogP contribution in [-0.4, -0.2) is 47.0 Å². The summed E-state index contributed by atoms with van der Waals surface area (Å²) in [5, 5.41) is 4.37. The van der Waals surface area contributed by atoms with Crippen LogP contribution in [0.25, 0.3) is 0 Å². The quantitative estimate of drug-likeness (QED) is 0.698. The normalized spacial score (nSPS) is 15.4. The number of imidazole rings is 1. The van der Waals surface area contributed by atoms with Crippen molar-refractivity contribution in [2.45, 2.75) is 13.5 Å². The Bertz CT molecular complexity index is 921. The molecule has 0 aliphatic carbocycles. The standard InChI is InChI=1S/C22H26N6/c1-18-16-28(22(23)25-18)24-15-19-7-9-21(10-8-19)27-13-11-26(12-14-27)17-20-5-3-2-4-6-20/h2-10,15-16H,11-14,17H2,1H3,(H2,23,25). The summed E-state index contributed by atoms with van der Waals surface area (Å²) in [5.41, 5.74) is 10.4. The Morgan fingerprint density at radius 3 is 2.36 bits per heavy atom. The van der Waals surface area contributed by atoms with Gasteiger partial charge in [0.25, 0.3) is 0 Å². The number of anilines is 2. The first kappa shape index (κ1) is 18.3. The SMILES string of the molecule is Cc1cn(N=Cc2ccc(N3CCN(Cc4ccccc4)CC3)cc2)c(N)n1. The third kappa shape index (κ3) is 4.40.